The van der Waals surface area contributed by atoms with E-state index in [9.17, 15) is 4.79 Å². The van der Waals surface area contributed by atoms with Crippen LogP contribution in [0.5, 0.6) is 11.5 Å². The Bertz CT molecular complexity index is 784. The van der Waals surface area contributed by atoms with Crippen LogP contribution in [0.3, 0.4) is 0 Å². The summed E-state index contributed by atoms with van der Waals surface area (Å²) in [7, 11) is 3.20. The van der Waals surface area contributed by atoms with Crippen LogP contribution in [0.25, 0.3) is 11.4 Å². The maximum absolute atomic E-state index is 12.3. The van der Waals surface area contributed by atoms with E-state index in [2.05, 4.69) is 16.8 Å². The molecule has 0 N–H and O–H groups in total. The fourth-order valence-electron chi connectivity index (χ4n) is 2.67. The molecule has 0 radical (unpaired) electrons. The normalized spacial score (nSPS) is 11.7. The lowest BCUT2D eigenvalue weighted by Crippen LogP contribution is -2.21. The van der Waals surface area contributed by atoms with Gasteiger partial charge in [0, 0.05) is 18.2 Å². The summed E-state index contributed by atoms with van der Waals surface area (Å²) in [6.07, 6.45) is 3.34. The molecule has 0 saturated heterocycles. The van der Waals surface area contributed by atoms with E-state index in [0.29, 0.717) is 42.1 Å². The van der Waals surface area contributed by atoms with E-state index in [-0.39, 0.29) is 11.2 Å². The topological polar surface area (TPSA) is 75.5 Å². The minimum Gasteiger partial charge on any atom is -0.497 e. The second-order valence-electron chi connectivity index (χ2n) is 5.95. The molecule has 1 aromatic heterocycles. The molecule has 28 heavy (non-hydrogen) atoms. The molecule has 0 aliphatic rings. The molecule has 0 saturated carbocycles. The van der Waals surface area contributed by atoms with Crippen molar-refractivity contribution in [1.29, 1.82) is 0 Å². The Morgan fingerprint density at radius 3 is 2.43 bits per heavy atom. The third-order valence-corrected chi connectivity index (χ3v) is 5.21. The van der Waals surface area contributed by atoms with Gasteiger partial charge in [0.1, 0.15) is 16.7 Å². The number of thioether (sulfide) groups is 1. The molecule has 1 aromatic carbocycles. The summed E-state index contributed by atoms with van der Waals surface area (Å²) in [5.74, 6) is 1.74. The predicted molar refractivity (Wildman–Crippen MR) is 110 cm³/mol. The Labute approximate surface area is 170 Å². The summed E-state index contributed by atoms with van der Waals surface area (Å²) < 4.78 is 17.8. The largest absolute Gasteiger partial charge is 0.497 e. The predicted octanol–water partition coefficient (Wildman–Crippen LogP) is 3.97. The summed E-state index contributed by atoms with van der Waals surface area (Å²) in [5, 5.41) is 8.99. The number of allylic oxidation sites excluding steroid dienone is 1. The van der Waals surface area contributed by atoms with Gasteiger partial charge in [-0.2, -0.15) is 0 Å². The number of hydrogen-bond acceptors (Lipinski definition) is 7. The second kappa shape index (κ2) is 10.8. The molecular weight excluding hydrogens is 378 g/mol. The Balaban J connectivity index is 2.42. The summed E-state index contributed by atoms with van der Waals surface area (Å²) in [4.78, 5) is 12.3. The molecule has 1 unspecified atom stereocenters. The molecular formula is C20H27N3O4S. The van der Waals surface area contributed by atoms with Gasteiger partial charge in [0.15, 0.2) is 11.0 Å². The number of esters is 1. The molecule has 0 fully saturated rings. The van der Waals surface area contributed by atoms with Crippen LogP contribution >= 0.6 is 11.8 Å². The van der Waals surface area contributed by atoms with Crippen molar-refractivity contribution in [2.45, 2.75) is 43.6 Å². The second-order valence-corrected chi connectivity index (χ2v) is 7.12. The first-order chi connectivity index (χ1) is 13.6. The molecule has 0 spiro atoms. The van der Waals surface area contributed by atoms with Crippen LogP contribution in [0.2, 0.25) is 0 Å². The molecule has 8 heteroatoms. The summed E-state index contributed by atoms with van der Waals surface area (Å²) >= 11 is 1.37. The van der Waals surface area contributed by atoms with Crippen LogP contribution in [0.15, 0.2) is 36.0 Å². The van der Waals surface area contributed by atoms with Crippen molar-refractivity contribution in [3.63, 3.8) is 0 Å². The molecule has 2 aromatic rings. The van der Waals surface area contributed by atoms with Crippen molar-refractivity contribution in [3.8, 4) is 22.9 Å². The molecule has 0 aliphatic heterocycles. The van der Waals surface area contributed by atoms with E-state index in [1.165, 1.54) is 11.8 Å². The summed E-state index contributed by atoms with van der Waals surface area (Å²) in [6, 6.07) is 5.54. The van der Waals surface area contributed by atoms with Gasteiger partial charge in [0.05, 0.1) is 20.8 Å². The van der Waals surface area contributed by atoms with Gasteiger partial charge < -0.3 is 14.2 Å². The number of hydrogen-bond donors (Lipinski definition) is 0. The fourth-order valence-corrected chi connectivity index (χ4v) is 3.82. The van der Waals surface area contributed by atoms with Gasteiger partial charge in [-0.25, -0.2) is 0 Å². The van der Waals surface area contributed by atoms with Gasteiger partial charge in [0.2, 0.25) is 0 Å². The lowest BCUT2D eigenvalue weighted by Gasteiger charge is -2.15. The first kappa shape index (κ1) is 21.8. The Kier molecular flexibility index (Phi) is 8.38. The third-order valence-electron chi connectivity index (χ3n) is 3.99. The van der Waals surface area contributed by atoms with Crippen LogP contribution in [-0.4, -0.2) is 46.8 Å². The number of ether oxygens (including phenoxy) is 3. The number of benzene rings is 1. The standard InChI is InChI=1S/C20H27N3O4S/c1-6-9-17(19(24)27-8-3)28-20-22-21-18(23(20)10-7-2)14-11-15(25-4)13-16(12-14)26-5/h7,11-13,17H,2,6,8-10H2,1,3-5H3. The van der Waals surface area contributed by atoms with E-state index >= 15 is 0 Å². The van der Waals surface area contributed by atoms with Crippen molar-refractivity contribution in [1.82, 2.24) is 14.8 Å². The van der Waals surface area contributed by atoms with Gasteiger partial charge in [-0.15, -0.1) is 16.8 Å². The zero-order valence-electron chi connectivity index (χ0n) is 16.8. The first-order valence-electron chi connectivity index (χ1n) is 9.18. The number of rotatable bonds is 11. The van der Waals surface area contributed by atoms with Crippen LogP contribution < -0.4 is 9.47 Å². The van der Waals surface area contributed by atoms with Crippen molar-refractivity contribution < 1.29 is 19.0 Å². The minimum atomic E-state index is -0.328. The molecule has 1 atom stereocenters. The zero-order valence-corrected chi connectivity index (χ0v) is 17.6. The Morgan fingerprint density at radius 2 is 1.89 bits per heavy atom. The number of nitrogens with zero attached hydrogens (tertiary/aromatic N) is 3. The monoisotopic (exact) mass is 405 g/mol. The molecule has 0 bridgehead atoms. The average molecular weight is 406 g/mol. The van der Waals surface area contributed by atoms with Crippen LogP contribution in [0, 0.1) is 0 Å². The van der Waals surface area contributed by atoms with Gasteiger partial charge >= 0.3 is 5.97 Å². The van der Waals surface area contributed by atoms with Crippen LogP contribution in [-0.2, 0) is 16.1 Å². The van der Waals surface area contributed by atoms with Crippen LogP contribution in [0.1, 0.15) is 26.7 Å². The maximum atomic E-state index is 12.3. The highest BCUT2D eigenvalue weighted by Crippen LogP contribution is 2.33. The fraction of sp³-hybridized carbons (Fsp3) is 0.450. The van der Waals surface area contributed by atoms with Crippen molar-refractivity contribution in [2.75, 3.05) is 20.8 Å². The highest BCUT2D eigenvalue weighted by Gasteiger charge is 2.24. The molecule has 0 amide bonds. The summed E-state index contributed by atoms with van der Waals surface area (Å²) in [6.45, 7) is 8.54. The van der Waals surface area contributed by atoms with Crippen molar-refractivity contribution in [2.24, 2.45) is 0 Å². The number of carbonyl (C=O) groups excluding carboxylic acids is 1. The first-order valence-corrected chi connectivity index (χ1v) is 10.1. The van der Waals surface area contributed by atoms with Crippen molar-refractivity contribution >= 4 is 17.7 Å². The molecule has 1 heterocycles. The maximum Gasteiger partial charge on any atom is 0.319 e. The Hall–Kier alpha value is -2.48. The third kappa shape index (κ3) is 5.28. The minimum absolute atomic E-state index is 0.230. The average Bonchev–Trinajstić information content (AvgIpc) is 3.10. The number of methoxy groups -OCH3 is 2. The molecule has 0 aliphatic carbocycles. The van der Waals surface area contributed by atoms with E-state index in [0.717, 1.165) is 12.0 Å². The van der Waals surface area contributed by atoms with Gasteiger partial charge in [-0.1, -0.05) is 31.2 Å². The molecule has 7 nitrogen and oxygen atoms in total. The molecule has 2 rings (SSSR count). The highest BCUT2D eigenvalue weighted by molar-refractivity contribution is 8.00. The lowest BCUT2D eigenvalue weighted by molar-refractivity contribution is -0.142. The van der Waals surface area contributed by atoms with Crippen molar-refractivity contribution in [3.05, 3.63) is 30.9 Å². The van der Waals surface area contributed by atoms with Crippen LogP contribution in [0.4, 0.5) is 0 Å². The van der Waals surface area contributed by atoms with Gasteiger partial charge in [0.25, 0.3) is 0 Å². The van der Waals surface area contributed by atoms with E-state index < -0.39 is 0 Å². The SMILES string of the molecule is C=CCn1c(SC(CCC)C(=O)OCC)nnc1-c1cc(OC)cc(OC)c1. The zero-order chi connectivity index (χ0) is 20.5. The Morgan fingerprint density at radius 1 is 1.21 bits per heavy atom. The number of carbonyl (C=O) groups is 1. The quantitative estimate of drug-likeness (QED) is 0.318. The van der Waals surface area contributed by atoms with E-state index in [1.807, 2.05) is 23.6 Å². The molecule has 152 valence electrons. The summed E-state index contributed by atoms with van der Waals surface area (Å²) in [5.41, 5.74) is 0.806. The lowest BCUT2D eigenvalue weighted by atomic mass is 10.2. The smallest absolute Gasteiger partial charge is 0.319 e. The van der Waals surface area contributed by atoms with E-state index in [4.69, 9.17) is 14.2 Å². The highest BCUT2D eigenvalue weighted by atomic mass is 32.2. The van der Waals surface area contributed by atoms with Gasteiger partial charge in [-0.05, 0) is 25.5 Å². The van der Waals surface area contributed by atoms with Gasteiger partial charge in [-0.3, -0.25) is 9.36 Å². The van der Waals surface area contributed by atoms with E-state index in [1.54, 1.807) is 33.3 Å². The number of aromatic nitrogens is 3.